The summed E-state index contributed by atoms with van der Waals surface area (Å²) in [7, 11) is 0. The number of anilines is 2. The highest BCUT2D eigenvalue weighted by atomic mass is 35.5. The molecule has 3 aromatic rings. The SMILES string of the molecule is CC1=C(C(=O)Nc2ccccc2)C(c2cccc(Cl)c2)n2ncnc2N1. The van der Waals surface area contributed by atoms with Gasteiger partial charge in [0.1, 0.15) is 12.4 Å². The molecule has 7 heteroatoms. The average Bonchev–Trinajstić information content (AvgIpc) is 3.09. The number of carbonyl (C=O) groups excluding carboxylic acids is 1. The Hall–Kier alpha value is -3.12. The number of para-hydroxylation sites is 1. The van der Waals surface area contributed by atoms with E-state index < -0.39 is 6.04 Å². The summed E-state index contributed by atoms with van der Waals surface area (Å²) in [6.07, 6.45) is 1.46. The first kappa shape index (κ1) is 16.4. The van der Waals surface area contributed by atoms with Gasteiger partial charge in [0.2, 0.25) is 5.95 Å². The van der Waals surface area contributed by atoms with Crippen molar-refractivity contribution in [2.45, 2.75) is 13.0 Å². The number of nitrogens with zero attached hydrogens (tertiary/aromatic N) is 3. The van der Waals surface area contributed by atoms with Crippen LogP contribution in [-0.2, 0) is 4.79 Å². The molecule has 1 aliphatic heterocycles. The topological polar surface area (TPSA) is 71.8 Å². The van der Waals surface area contributed by atoms with Gasteiger partial charge in [-0.3, -0.25) is 4.79 Å². The van der Waals surface area contributed by atoms with Crippen molar-refractivity contribution in [1.29, 1.82) is 0 Å². The molecule has 4 rings (SSSR count). The molecule has 0 aliphatic carbocycles. The van der Waals surface area contributed by atoms with Gasteiger partial charge < -0.3 is 10.6 Å². The second kappa shape index (κ2) is 6.65. The van der Waals surface area contributed by atoms with Gasteiger partial charge in [-0.05, 0) is 36.8 Å². The normalized spacial score (nSPS) is 16.0. The number of carbonyl (C=O) groups is 1. The highest BCUT2D eigenvalue weighted by Gasteiger charge is 2.33. The van der Waals surface area contributed by atoms with Crippen LogP contribution in [0.4, 0.5) is 11.6 Å². The van der Waals surface area contributed by atoms with Crippen molar-refractivity contribution in [3.05, 3.63) is 82.8 Å². The Kier molecular flexibility index (Phi) is 4.18. The molecule has 0 fully saturated rings. The van der Waals surface area contributed by atoms with Crippen molar-refractivity contribution in [3.8, 4) is 0 Å². The average molecular weight is 366 g/mol. The van der Waals surface area contributed by atoms with Gasteiger partial charge in [-0.2, -0.15) is 10.1 Å². The van der Waals surface area contributed by atoms with E-state index in [0.717, 1.165) is 16.9 Å². The Morgan fingerprint density at radius 3 is 2.77 bits per heavy atom. The molecule has 0 radical (unpaired) electrons. The third-order valence-electron chi connectivity index (χ3n) is 4.24. The van der Waals surface area contributed by atoms with Crippen LogP contribution in [0.5, 0.6) is 0 Å². The maximum Gasteiger partial charge on any atom is 0.255 e. The number of hydrogen-bond acceptors (Lipinski definition) is 4. The number of fused-ring (bicyclic) bond motifs is 1. The molecule has 2 N–H and O–H groups in total. The Balaban J connectivity index is 1.78. The number of allylic oxidation sites excluding steroid dienone is 1. The largest absolute Gasteiger partial charge is 0.328 e. The first-order chi connectivity index (χ1) is 12.6. The number of amides is 1. The maximum atomic E-state index is 13.1. The van der Waals surface area contributed by atoms with Crippen LogP contribution in [0.25, 0.3) is 0 Å². The van der Waals surface area contributed by atoms with Crippen molar-refractivity contribution in [2.75, 3.05) is 10.6 Å². The van der Waals surface area contributed by atoms with Gasteiger partial charge in [0.05, 0.1) is 5.57 Å². The van der Waals surface area contributed by atoms with Crippen molar-refractivity contribution < 1.29 is 4.79 Å². The summed E-state index contributed by atoms with van der Waals surface area (Å²) in [6, 6.07) is 16.4. The summed E-state index contributed by atoms with van der Waals surface area (Å²) in [5, 5.41) is 11.0. The molecule has 0 saturated heterocycles. The molecule has 1 aromatic heterocycles. The lowest BCUT2D eigenvalue weighted by Crippen LogP contribution is -2.31. The van der Waals surface area contributed by atoms with Crippen molar-refractivity contribution >= 4 is 29.1 Å². The Labute approximate surface area is 155 Å². The molecule has 26 heavy (non-hydrogen) atoms. The molecule has 1 unspecified atom stereocenters. The zero-order valence-corrected chi connectivity index (χ0v) is 14.7. The molecular weight excluding hydrogens is 350 g/mol. The van der Waals surface area contributed by atoms with Crippen LogP contribution >= 0.6 is 11.6 Å². The van der Waals surface area contributed by atoms with Crippen molar-refractivity contribution in [2.24, 2.45) is 0 Å². The number of aromatic nitrogens is 3. The third kappa shape index (κ3) is 2.95. The van der Waals surface area contributed by atoms with E-state index in [0.29, 0.717) is 16.5 Å². The summed E-state index contributed by atoms with van der Waals surface area (Å²) in [6.45, 7) is 1.86. The predicted octanol–water partition coefficient (Wildman–Crippen LogP) is 3.86. The first-order valence-electron chi connectivity index (χ1n) is 8.12. The van der Waals surface area contributed by atoms with E-state index in [1.54, 1.807) is 10.7 Å². The minimum atomic E-state index is -0.420. The van der Waals surface area contributed by atoms with Crippen LogP contribution in [0, 0.1) is 0 Å². The van der Waals surface area contributed by atoms with Crippen LogP contribution in [0.2, 0.25) is 5.02 Å². The quantitative estimate of drug-likeness (QED) is 0.739. The first-order valence-corrected chi connectivity index (χ1v) is 8.50. The van der Waals surface area contributed by atoms with Gasteiger partial charge in [0.15, 0.2) is 0 Å². The number of hydrogen-bond donors (Lipinski definition) is 2. The summed E-state index contributed by atoms with van der Waals surface area (Å²) in [5.74, 6) is 0.385. The Bertz CT molecular complexity index is 996. The molecule has 2 heterocycles. The predicted molar refractivity (Wildman–Crippen MR) is 101 cm³/mol. The fourth-order valence-electron chi connectivity index (χ4n) is 3.09. The highest BCUT2D eigenvalue weighted by Crippen LogP contribution is 2.35. The number of halogens is 1. The summed E-state index contributed by atoms with van der Waals surface area (Å²) >= 11 is 6.18. The standard InChI is InChI=1S/C19H16ClN5O/c1-12-16(18(26)24-15-8-3-2-4-9-15)17(13-6-5-7-14(20)10-13)25-19(23-12)21-11-22-25/h2-11,17H,1H3,(H,24,26)(H,21,22,23). The van der Waals surface area contributed by atoms with Crippen molar-refractivity contribution in [3.63, 3.8) is 0 Å². The molecule has 1 amide bonds. The van der Waals surface area contributed by atoms with E-state index in [1.165, 1.54) is 6.33 Å². The van der Waals surface area contributed by atoms with E-state index >= 15 is 0 Å². The van der Waals surface area contributed by atoms with E-state index in [2.05, 4.69) is 20.7 Å². The fraction of sp³-hybridized carbons (Fsp3) is 0.105. The Morgan fingerprint density at radius 1 is 1.19 bits per heavy atom. The van der Waals surface area contributed by atoms with Crippen LogP contribution < -0.4 is 10.6 Å². The number of benzene rings is 2. The van der Waals surface area contributed by atoms with Crippen LogP contribution in [0.1, 0.15) is 18.5 Å². The zero-order valence-electron chi connectivity index (χ0n) is 14.0. The minimum Gasteiger partial charge on any atom is -0.328 e. The van der Waals surface area contributed by atoms with Crippen molar-refractivity contribution in [1.82, 2.24) is 14.8 Å². The molecule has 1 aliphatic rings. The lowest BCUT2D eigenvalue weighted by Gasteiger charge is -2.28. The second-order valence-corrected chi connectivity index (χ2v) is 6.41. The fourth-order valence-corrected chi connectivity index (χ4v) is 3.29. The smallest absolute Gasteiger partial charge is 0.255 e. The number of nitrogens with one attached hydrogen (secondary N) is 2. The van der Waals surface area contributed by atoms with Crippen LogP contribution in [0.15, 0.2) is 72.2 Å². The van der Waals surface area contributed by atoms with Gasteiger partial charge >= 0.3 is 0 Å². The maximum absolute atomic E-state index is 13.1. The lowest BCUT2D eigenvalue weighted by atomic mass is 9.95. The van der Waals surface area contributed by atoms with E-state index in [1.807, 2.05) is 55.5 Å². The number of rotatable bonds is 3. The van der Waals surface area contributed by atoms with Gasteiger partial charge in [-0.1, -0.05) is 41.9 Å². The van der Waals surface area contributed by atoms with Gasteiger partial charge in [0.25, 0.3) is 5.91 Å². The zero-order chi connectivity index (χ0) is 18.1. The van der Waals surface area contributed by atoms with Gasteiger partial charge in [0, 0.05) is 16.4 Å². The van der Waals surface area contributed by atoms with Gasteiger partial charge in [-0.15, -0.1) is 0 Å². The van der Waals surface area contributed by atoms with Crippen LogP contribution in [0.3, 0.4) is 0 Å². The minimum absolute atomic E-state index is 0.202. The molecule has 0 spiro atoms. The third-order valence-corrected chi connectivity index (χ3v) is 4.47. The molecule has 1 atom stereocenters. The summed E-state index contributed by atoms with van der Waals surface area (Å²) < 4.78 is 1.69. The second-order valence-electron chi connectivity index (χ2n) is 5.97. The van der Waals surface area contributed by atoms with Gasteiger partial charge in [-0.25, -0.2) is 4.68 Å². The van der Waals surface area contributed by atoms with Crippen LogP contribution in [-0.4, -0.2) is 20.7 Å². The molecule has 0 bridgehead atoms. The van der Waals surface area contributed by atoms with E-state index in [4.69, 9.17) is 11.6 Å². The van der Waals surface area contributed by atoms with E-state index in [-0.39, 0.29) is 5.91 Å². The summed E-state index contributed by atoms with van der Waals surface area (Å²) in [4.78, 5) is 17.3. The molecule has 0 saturated carbocycles. The molecular formula is C19H16ClN5O. The molecule has 2 aromatic carbocycles. The monoisotopic (exact) mass is 365 g/mol. The summed E-state index contributed by atoms with van der Waals surface area (Å²) in [5.41, 5.74) is 2.88. The van der Waals surface area contributed by atoms with E-state index in [9.17, 15) is 4.79 Å². The lowest BCUT2D eigenvalue weighted by molar-refractivity contribution is -0.113. The highest BCUT2D eigenvalue weighted by molar-refractivity contribution is 6.30. The Morgan fingerprint density at radius 2 is 2.00 bits per heavy atom. The molecule has 130 valence electrons. The molecule has 6 nitrogen and oxygen atoms in total.